The molecule has 0 saturated heterocycles. The van der Waals surface area contributed by atoms with E-state index in [1.54, 1.807) is 33.2 Å². The monoisotopic (exact) mass is 730 g/mol. The van der Waals surface area contributed by atoms with E-state index in [1.165, 1.54) is 42.1 Å². The fourth-order valence-electron chi connectivity index (χ4n) is 3.15. The van der Waals surface area contributed by atoms with Crippen LogP contribution < -0.4 is 0 Å². The van der Waals surface area contributed by atoms with Gasteiger partial charge in [0.2, 0.25) is 0 Å². The van der Waals surface area contributed by atoms with Gasteiger partial charge in [0.05, 0.1) is 0 Å². The Bertz CT molecular complexity index is 614. The first-order valence-corrected chi connectivity index (χ1v) is 12.1. The van der Waals surface area contributed by atoms with Crippen molar-refractivity contribution in [3.63, 3.8) is 0 Å². The standard InChI is InChI=1S/C16H18Te4/c17-12-8-7-11(14(12)18)13-9-5-3-1-2-4-6-10(9)15(19)16(13)20/h7-8,17-20H,1-6H2. The molecular formula is C16H18Te4. The minimum atomic E-state index is 1.31. The van der Waals surface area contributed by atoms with Crippen molar-refractivity contribution in [1.29, 1.82) is 0 Å². The summed E-state index contributed by atoms with van der Waals surface area (Å²) in [6.45, 7) is 0. The van der Waals surface area contributed by atoms with E-state index in [0.29, 0.717) is 0 Å². The van der Waals surface area contributed by atoms with Crippen molar-refractivity contribution in [3.05, 3.63) is 48.9 Å². The molecule has 0 fully saturated rings. The first-order valence-electron chi connectivity index (χ1n) is 7.01. The van der Waals surface area contributed by atoms with Gasteiger partial charge in [-0.05, 0) is 0 Å². The Labute approximate surface area is 174 Å². The molecule has 20 heavy (non-hydrogen) atoms. The summed E-state index contributed by atoms with van der Waals surface area (Å²) in [5, 5.41) is 0. The van der Waals surface area contributed by atoms with Crippen molar-refractivity contribution in [1.82, 2.24) is 0 Å². The quantitative estimate of drug-likeness (QED) is 0.334. The van der Waals surface area contributed by atoms with E-state index in [9.17, 15) is 0 Å². The van der Waals surface area contributed by atoms with Crippen LogP contribution in [0, 0.1) is 0 Å². The summed E-state index contributed by atoms with van der Waals surface area (Å²) in [6.07, 6.45) is 12.9. The molecule has 0 aromatic heterocycles. The van der Waals surface area contributed by atoms with Crippen LogP contribution in [0.15, 0.2) is 48.9 Å². The van der Waals surface area contributed by atoms with Gasteiger partial charge in [-0.25, -0.2) is 0 Å². The molecule has 0 aromatic rings. The Morgan fingerprint density at radius 2 is 1.30 bits per heavy atom. The summed E-state index contributed by atoms with van der Waals surface area (Å²) in [6, 6.07) is 0. The zero-order chi connectivity index (χ0) is 14.3. The summed E-state index contributed by atoms with van der Waals surface area (Å²) in [5.74, 6) is 0. The molecule has 0 aromatic carbocycles. The molecular weight excluding hydrogens is 703 g/mol. The van der Waals surface area contributed by atoms with Crippen LogP contribution in [0.25, 0.3) is 0 Å². The summed E-state index contributed by atoms with van der Waals surface area (Å²) in [5.41, 5.74) is 6.61. The molecule has 4 heteroatoms. The second-order valence-corrected chi connectivity index (χ2v) is 10.6. The summed E-state index contributed by atoms with van der Waals surface area (Å²) in [7, 11) is 0. The van der Waals surface area contributed by atoms with Crippen molar-refractivity contribution in [2.24, 2.45) is 0 Å². The van der Waals surface area contributed by atoms with Gasteiger partial charge in [0.15, 0.2) is 0 Å². The van der Waals surface area contributed by atoms with E-state index in [4.69, 9.17) is 0 Å². The molecule has 3 aliphatic carbocycles. The molecule has 0 spiro atoms. The van der Waals surface area contributed by atoms with Crippen molar-refractivity contribution < 1.29 is 0 Å². The fourth-order valence-corrected chi connectivity index (χ4v) is 6.59. The maximum absolute atomic E-state index is 2.38. The Morgan fingerprint density at radius 3 is 1.90 bits per heavy atom. The number of hydrogen-bond donors (Lipinski definition) is 0. The zero-order valence-electron chi connectivity index (χ0n) is 11.2. The van der Waals surface area contributed by atoms with Crippen molar-refractivity contribution in [2.45, 2.75) is 38.5 Å². The number of allylic oxidation sites excluding steroid dienone is 10. The topological polar surface area (TPSA) is 0 Å². The van der Waals surface area contributed by atoms with E-state index < -0.39 is 0 Å². The van der Waals surface area contributed by atoms with Gasteiger partial charge < -0.3 is 0 Å². The van der Waals surface area contributed by atoms with Gasteiger partial charge in [-0.1, -0.05) is 0 Å². The average Bonchev–Trinajstić information content (AvgIpc) is 2.82. The Balaban J connectivity index is 2.16. The molecule has 106 valence electrons. The molecule has 0 N–H and O–H groups in total. The molecule has 0 unspecified atom stereocenters. The molecule has 3 aliphatic rings. The van der Waals surface area contributed by atoms with Crippen molar-refractivity contribution in [2.75, 3.05) is 0 Å². The maximum atomic E-state index is 2.38. The third-order valence-electron chi connectivity index (χ3n) is 4.19. The normalized spacial score (nSPS) is 27.4. The van der Waals surface area contributed by atoms with Crippen LogP contribution in [0.2, 0.25) is 0 Å². The van der Waals surface area contributed by atoms with E-state index in [-0.39, 0.29) is 0 Å². The van der Waals surface area contributed by atoms with Crippen LogP contribution in [-0.2, 0) is 0 Å². The van der Waals surface area contributed by atoms with Crippen molar-refractivity contribution >= 4 is 89.2 Å². The number of rotatable bonds is 0. The van der Waals surface area contributed by atoms with Gasteiger partial charge in [-0.15, -0.1) is 0 Å². The minimum absolute atomic E-state index is 1.31. The summed E-state index contributed by atoms with van der Waals surface area (Å²) >= 11 is 7.65. The molecule has 0 atom stereocenters. The molecule has 0 saturated carbocycles. The molecule has 0 amide bonds. The van der Waals surface area contributed by atoms with Gasteiger partial charge in [-0.3, -0.25) is 0 Å². The van der Waals surface area contributed by atoms with Gasteiger partial charge in [-0.2, -0.15) is 0 Å². The Hall–Kier alpha value is 1.86. The Morgan fingerprint density at radius 1 is 0.650 bits per heavy atom. The second-order valence-electron chi connectivity index (χ2n) is 5.42. The van der Waals surface area contributed by atoms with Gasteiger partial charge in [0.1, 0.15) is 0 Å². The molecule has 0 radical (unpaired) electrons. The van der Waals surface area contributed by atoms with Crippen LogP contribution in [0.3, 0.4) is 0 Å². The first kappa shape index (κ1) is 16.7. The molecule has 0 bridgehead atoms. The predicted molar refractivity (Wildman–Crippen MR) is 93.5 cm³/mol. The summed E-state index contributed by atoms with van der Waals surface area (Å²) in [4.78, 5) is 0. The molecule has 3 rings (SSSR count). The first-order chi connectivity index (χ1) is 9.61. The number of hydrogen-bond acceptors (Lipinski definition) is 0. The van der Waals surface area contributed by atoms with Crippen LogP contribution in [0.5, 0.6) is 0 Å². The third kappa shape index (κ3) is 3.08. The summed E-state index contributed by atoms with van der Waals surface area (Å²) < 4.78 is 6.34. The van der Waals surface area contributed by atoms with Gasteiger partial charge in [0, 0.05) is 0 Å². The van der Waals surface area contributed by atoms with E-state index >= 15 is 0 Å². The van der Waals surface area contributed by atoms with E-state index in [2.05, 4.69) is 12.2 Å². The van der Waals surface area contributed by atoms with Gasteiger partial charge in [0.25, 0.3) is 0 Å². The van der Waals surface area contributed by atoms with Crippen LogP contribution >= 0.6 is 0 Å². The average molecular weight is 721 g/mol. The predicted octanol–water partition coefficient (Wildman–Crippen LogP) is 1.54. The van der Waals surface area contributed by atoms with Crippen LogP contribution in [-0.4, -0.2) is 89.2 Å². The fraction of sp³-hybridized carbons (Fsp3) is 0.375. The molecule has 0 heterocycles. The van der Waals surface area contributed by atoms with Crippen molar-refractivity contribution in [3.8, 4) is 0 Å². The molecule has 0 nitrogen and oxygen atoms in total. The van der Waals surface area contributed by atoms with Gasteiger partial charge >= 0.3 is 177 Å². The second kappa shape index (κ2) is 7.18. The Kier molecular flexibility index (Phi) is 5.99. The van der Waals surface area contributed by atoms with E-state index in [1.807, 2.05) is 89.2 Å². The zero-order valence-corrected chi connectivity index (χ0v) is 21.4. The van der Waals surface area contributed by atoms with Crippen LogP contribution in [0.4, 0.5) is 0 Å². The third-order valence-corrected chi connectivity index (χ3v) is 12.4. The SMILES string of the molecule is [TeH]C1=C([TeH])C(=C2C([TeH])=C([TeH])C3=C2CCCCCC3)C=C1. The molecule has 0 aliphatic heterocycles. The van der Waals surface area contributed by atoms with E-state index in [0.717, 1.165) is 0 Å². The van der Waals surface area contributed by atoms with Crippen LogP contribution in [0.1, 0.15) is 38.5 Å².